The fourth-order valence-corrected chi connectivity index (χ4v) is 2.37. The minimum absolute atomic E-state index is 0.0786. The second-order valence-corrected chi connectivity index (χ2v) is 5.61. The Labute approximate surface area is 141 Å². The third-order valence-corrected chi connectivity index (χ3v) is 3.97. The van der Waals surface area contributed by atoms with Crippen LogP contribution in [0, 0.1) is 6.92 Å². The van der Waals surface area contributed by atoms with Crippen LogP contribution in [0.2, 0.25) is 5.02 Å². The van der Waals surface area contributed by atoms with E-state index in [9.17, 15) is 4.79 Å². The van der Waals surface area contributed by atoms with E-state index in [0.717, 1.165) is 16.1 Å². The average molecular weight is 334 g/mol. The van der Waals surface area contributed by atoms with E-state index in [1.54, 1.807) is 32.4 Å². The Balaban J connectivity index is 1.98. The quantitative estimate of drug-likeness (QED) is 0.860. The average Bonchev–Trinajstić information content (AvgIpc) is 2.56. The van der Waals surface area contributed by atoms with E-state index in [4.69, 9.17) is 21.1 Å². The summed E-state index contributed by atoms with van der Waals surface area (Å²) in [5.74, 6) is 1.16. The van der Waals surface area contributed by atoms with Gasteiger partial charge in [-0.15, -0.1) is 0 Å². The van der Waals surface area contributed by atoms with Crippen molar-refractivity contribution in [3.05, 3.63) is 52.5 Å². The Morgan fingerprint density at radius 3 is 2.57 bits per heavy atom. The van der Waals surface area contributed by atoms with E-state index in [1.165, 1.54) is 0 Å². The molecule has 0 aliphatic heterocycles. The zero-order valence-electron chi connectivity index (χ0n) is 13.5. The van der Waals surface area contributed by atoms with Crippen molar-refractivity contribution in [1.29, 1.82) is 0 Å². The van der Waals surface area contributed by atoms with Gasteiger partial charge in [0.25, 0.3) is 0 Å². The molecule has 0 spiro atoms. The van der Waals surface area contributed by atoms with Gasteiger partial charge in [0.1, 0.15) is 11.5 Å². The van der Waals surface area contributed by atoms with Gasteiger partial charge in [-0.1, -0.05) is 23.7 Å². The smallest absolute Gasteiger partial charge is 0.224 e. The summed E-state index contributed by atoms with van der Waals surface area (Å²) in [4.78, 5) is 12.1. The standard InChI is InChI=1S/C18H20ClNO3/c1-12-4-5-13(10-15(12)19)6-9-18(21)20-16-8-7-14(22-2)11-17(16)23-3/h4-5,7-8,10-11H,6,9H2,1-3H3,(H,20,21). The number of carbonyl (C=O) groups is 1. The molecule has 23 heavy (non-hydrogen) atoms. The number of aryl methyl sites for hydroxylation is 2. The number of amides is 1. The molecule has 122 valence electrons. The fourth-order valence-electron chi connectivity index (χ4n) is 2.16. The van der Waals surface area contributed by atoms with Gasteiger partial charge in [-0.2, -0.15) is 0 Å². The van der Waals surface area contributed by atoms with Gasteiger partial charge in [-0.3, -0.25) is 4.79 Å². The van der Waals surface area contributed by atoms with Crippen LogP contribution in [0.15, 0.2) is 36.4 Å². The molecule has 2 rings (SSSR count). The number of anilines is 1. The van der Waals surface area contributed by atoms with Gasteiger partial charge in [0.05, 0.1) is 19.9 Å². The predicted molar refractivity (Wildman–Crippen MR) is 92.7 cm³/mol. The normalized spacial score (nSPS) is 10.3. The van der Waals surface area contributed by atoms with Crippen molar-refractivity contribution in [2.24, 2.45) is 0 Å². The van der Waals surface area contributed by atoms with Crippen LogP contribution in [0.5, 0.6) is 11.5 Å². The number of benzene rings is 2. The number of halogens is 1. The van der Waals surface area contributed by atoms with Crippen LogP contribution in [-0.2, 0) is 11.2 Å². The summed E-state index contributed by atoms with van der Waals surface area (Å²) in [5, 5.41) is 3.58. The molecular weight excluding hydrogens is 314 g/mol. The van der Waals surface area contributed by atoms with Gasteiger partial charge >= 0.3 is 0 Å². The summed E-state index contributed by atoms with van der Waals surface area (Å²) < 4.78 is 10.4. The second-order valence-electron chi connectivity index (χ2n) is 5.20. The van der Waals surface area contributed by atoms with Crippen LogP contribution >= 0.6 is 11.6 Å². The van der Waals surface area contributed by atoms with Crippen molar-refractivity contribution in [2.75, 3.05) is 19.5 Å². The molecule has 0 atom stereocenters. The number of rotatable bonds is 6. The molecule has 0 aliphatic carbocycles. The number of ether oxygens (including phenoxy) is 2. The van der Waals surface area contributed by atoms with Gasteiger partial charge in [0.2, 0.25) is 5.91 Å². The molecule has 0 saturated carbocycles. The van der Waals surface area contributed by atoms with E-state index >= 15 is 0 Å². The van der Waals surface area contributed by atoms with Crippen LogP contribution in [0.1, 0.15) is 17.5 Å². The molecule has 2 aromatic carbocycles. The van der Waals surface area contributed by atoms with E-state index in [-0.39, 0.29) is 5.91 Å². The molecule has 0 fully saturated rings. The SMILES string of the molecule is COc1ccc(NC(=O)CCc2ccc(C)c(Cl)c2)c(OC)c1. The Morgan fingerprint density at radius 1 is 1.13 bits per heavy atom. The summed E-state index contributed by atoms with van der Waals surface area (Å²) in [6.45, 7) is 1.95. The van der Waals surface area contributed by atoms with Crippen molar-refractivity contribution in [3.8, 4) is 11.5 Å². The van der Waals surface area contributed by atoms with E-state index in [0.29, 0.717) is 30.0 Å². The summed E-state index contributed by atoms with van der Waals surface area (Å²) in [6.07, 6.45) is 0.999. The molecule has 0 aliphatic rings. The van der Waals surface area contributed by atoms with Gasteiger partial charge in [0, 0.05) is 17.5 Å². The van der Waals surface area contributed by atoms with Gasteiger partial charge in [-0.05, 0) is 42.7 Å². The zero-order valence-corrected chi connectivity index (χ0v) is 14.2. The van der Waals surface area contributed by atoms with E-state index < -0.39 is 0 Å². The summed E-state index contributed by atoms with van der Waals surface area (Å²) >= 11 is 6.10. The largest absolute Gasteiger partial charge is 0.497 e. The Bertz CT molecular complexity index is 701. The Morgan fingerprint density at radius 2 is 1.91 bits per heavy atom. The Hall–Kier alpha value is -2.20. The lowest BCUT2D eigenvalue weighted by molar-refractivity contribution is -0.116. The molecule has 5 heteroatoms. The minimum atomic E-state index is -0.0786. The number of carbonyl (C=O) groups excluding carboxylic acids is 1. The molecule has 0 aromatic heterocycles. The third kappa shape index (κ3) is 4.63. The van der Waals surface area contributed by atoms with Crippen molar-refractivity contribution >= 4 is 23.2 Å². The lowest BCUT2D eigenvalue weighted by atomic mass is 10.1. The summed E-state index contributed by atoms with van der Waals surface area (Å²) in [6, 6.07) is 11.1. The monoisotopic (exact) mass is 333 g/mol. The van der Waals surface area contributed by atoms with Crippen LogP contribution < -0.4 is 14.8 Å². The Kier molecular flexibility index (Phi) is 5.88. The van der Waals surface area contributed by atoms with Crippen molar-refractivity contribution < 1.29 is 14.3 Å². The molecule has 4 nitrogen and oxygen atoms in total. The first kappa shape index (κ1) is 17.2. The van der Waals surface area contributed by atoms with Crippen LogP contribution in [0.25, 0.3) is 0 Å². The molecule has 0 radical (unpaired) electrons. The fraction of sp³-hybridized carbons (Fsp3) is 0.278. The van der Waals surface area contributed by atoms with Gasteiger partial charge in [-0.25, -0.2) is 0 Å². The van der Waals surface area contributed by atoms with Crippen LogP contribution in [0.4, 0.5) is 5.69 Å². The molecule has 0 heterocycles. The van der Waals surface area contributed by atoms with Crippen LogP contribution in [0.3, 0.4) is 0 Å². The summed E-state index contributed by atoms with van der Waals surface area (Å²) in [5.41, 5.74) is 2.69. The first-order valence-corrected chi connectivity index (χ1v) is 7.68. The van der Waals surface area contributed by atoms with Crippen molar-refractivity contribution in [1.82, 2.24) is 0 Å². The maximum atomic E-state index is 12.1. The van der Waals surface area contributed by atoms with E-state index in [2.05, 4.69) is 5.32 Å². The molecular formula is C18H20ClNO3. The lowest BCUT2D eigenvalue weighted by Crippen LogP contribution is -2.13. The topological polar surface area (TPSA) is 47.6 Å². The highest BCUT2D eigenvalue weighted by atomic mass is 35.5. The molecule has 0 unspecified atom stereocenters. The maximum Gasteiger partial charge on any atom is 0.224 e. The number of hydrogen-bond donors (Lipinski definition) is 1. The highest BCUT2D eigenvalue weighted by Gasteiger charge is 2.09. The first-order chi connectivity index (χ1) is 11.0. The van der Waals surface area contributed by atoms with Gasteiger partial charge in [0.15, 0.2) is 0 Å². The zero-order chi connectivity index (χ0) is 16.8. The molecule has 0 saturated heterocycles. The van der Waals surface area contributed by atoms with E-state index in [1.807, 2.05) is 25.1 Å². The molecule has 1 amide bonds. The number of hydrogen-bond acceptors (Lipinski definition) is 3. The highest BCUT2D eigenvalue weighted by molar-refractivity contribution is 6.31. The van der Waals surface area contributed by atoms with Crippen LogP contribution in [-0.4, -0.2) is 20.1 Å². The third-order valence-electron chi connectivity index (χ3n) is 3.56. The minimum Gasteiger partial charge on any atom is -0.497 e. The molecule has 2 aromatic rings. The number of methoxy groups -OCH3 is 2. The number of nitrogens with one attached hydrogen (secondary N) is 1. The van der Waals surface area contributed by atoms with Crippen molar-refractivity contribution in [3.63, 3.8) is 0 Å². The first-order valence-electron chi connectivity index (χ1n) is 7.30. The molecule has 0 bridgehead atoms. The maximum absolute atomic E-state index is 12.1. The second kappa shape index (κ2) is 7.88. The van der Waals surface area contributed by atoms with Crippen molar-refractivity contribution in [2.45, 2.75) is 19.8 Å². The predicted octanol–water partition coefficient (Wildman–Crippen LogP) is 4.24. The van der Waals surface area contributed by atoms with Gasteiger partial charge < -0.3 is 14.8 Å². The lowest BCUT2D eigenvalue weighted by Gasteiger charge is -2.11. The highest BCUT2D eigenvalue weighted by Crippen LogP contribution is 2.29. The molecule has 1 N–H and O–H groups in total. The summed E-state index contributed by atoms with van der Waals surface area (Å²) in [7, 11) is 3.14.